The number of carbonyl (C=O) groups excluding carboxylic acids is 1. The second-order valence-electron chi connectivity index (χ2n) is 6.94. The molecule has 0 aromatic rings. The molecule has 0 aliphatic rings. The maximum Gasteiger partial charge on any atom is 0.333 e. The quantitative estimate of drug-likeness (QED) is 0.231. The minimum Gasteiger partial charge on any atom is -0.462 e. The van der Waals surface area contributed by atoms with Crippen LogP contribution < -0.4 is 0 Å². The highest BCUT2D eigenvalue weighted by molar-refractivity contribution is 5.86. The SMILES string of the molecule is C=C(C)C(=O)OCCCCCCCCCC(CCCC)N(C)C. The number of rotatable bonds is 15. The van der Waals surface area contributed by atoms with Gasteiger partial charge in [0.25, 0.3) is 0 Å². The van der Waals surface area contributed by atoms with Gasteiger partial charge in [-0.15, -0.1) is 0 Å². The Labute approximate surface area is 144 Å². The number of hydrogen-bond acceptors (Lipinski definition) is 3. The Kier molecular flexibility index (Phi) is 14.2. The van der Waals surface area contributed by atoms with Crippen LogP contribution in [-0.2, 0) is 9.53 Å². The molecule has 0 saturated carbocycles. The minimum atomic E-state index is -0.261. The molecule has 0 spiro atoms. The van der Waals surface area contributed by atoms with Gasteiger partial charge in [-0.1, -0.05) is 64.9 Å². The van der Waals surface area contributed by atoms with Gasteiger partial charge < -0.3 is 9.64 Å². The molecule has 0 aromatic heterocycles. The summed E-state index contributed by atoms with van der Waals surface area (Å²) in [5, 5.41) is 0. The Morgan fingerprint density at radius 3 is 2.00 bits per heavy atom. The second kappa shape index (κ2) is 14.7. The molecular weight excluding hydrogens is 286 g/mol. The molecule has 0 rings (SSSR count). The van der Waals surface area contributed by atoms with Gasteiger partial charge in [0.15, 0.2) is 0 Å². The monoisotopic (exact) mass is 325 g/mol. The molecule has 136 valence electrons. The number of ether oxygens (including phenoxy) is 1. The fourth-order valence-corrected chi connectivity index (χ4v) is 2.75. The largest absolute Gasteiger partial charge is 0.462 e. The normalized spacial score (nSPS) is 12.4. The van der Waals surface area contributed by atoms with E-state index in [1.807, 2.05) is 0 Å². The summed E-state index contributed by atoms with van der Waals surface area (Å²) in [4.78, 5) is 13.6. The van der Waals surface area contributed by atoms with Crippen LogP contribution in [0, 0.1) is 0 Å². The molecule has 3 heteroatoms. The number of hydrogen-bond donors (Lipinski definition) is 0. The van der Waals surface area contributed by atoms with Gasteiger partial charge in [0, 0.05) is 11.6 Å². The van der Waals surface area contributed by atoms with E-state index in [1.54, 1.807) is 6.92 Å². The third kappa shape index (κ3) is 13.3. The van der Waals surface area contributed by atoms with Gasteiger partial charge in [-0.2, -0.15) is 0 Å². The molecule has 1 unspecified atom stereocenters. The van der Waals surface area contributed by atoms with Crippen molar-refractivity contribution in [2.75, 3.05) is 20.7 Å². The Morgan fingerprint density at radius 2 is 1.48 bits per heavy atom. The minimum absolute atomic E-state index is 0.261. The van der Waals surface area contributed by atoms with E-state index in [9.17, 15) is 4.79 Å². The molecule has 0 aromatic carbocycles. The third-order valence-electron chi connectivity index (χ3n) is 4.38. The van der Waals surface area contributed by atoms with E-state index in [-0.39, 0.29) is 5.97 Å². The van der Waals surface area contributed by atoms with Gasteiger partial charge in [-0.3, -0.25) is 0 Å². The van der Waals surface area contributed by atoms with Crippen LogP contribution in [0.25, 0.3) is 0 Å². The summed E-state index contributed by atoms with van der Waals surface area (Å²) in [6.07, 6.45) is 14.0. The maximum atomic E-state index is 11.2. The summed E-state index contributed by atoms with van der Waals surface area (Å²) in [5.41, 5.74) is 0.486. The van der Waals surface area contributed by atoms with E-state index in [4.69, 9.17) is 4.74 Å². The van der Waals surface area contributed by atoms with Gasteiger partial charge in [0.05, 0.1) is 6.61 Å². The van der Waals surface area contributed by atoms with Crippen molar-refractivity contribution in [3.05, 3.63) is 12.2 Å². The first-order chi connectivity index (χ1) is 11.0. The van der Waals surface area contributed by atoms with Crippen molar-refractivity contribution in [1.82, 2.24) is 4.90 Å². The van der Waals surface area contributed by atoms with Gasteiger partial charge in [0.2, 0.25) is 0 Å². The predicted molar refractivity (Wildman–Crippen MR) is 99.7 cm³/mol. The van der Waals surface area contributed by atoms with Gasteiger partial charge >= 0.3 is 5.97 Å². The number of esters is 1. The summed E-state index contributed by atoms with van der Waals surface area (Å²) in [7, 11) is 4.42. The summed E-state index contributed by atoms with van der Waals surface area (Å²) in [6.45, 7) is 8.07. The van der Waals surface area contributed by atoms with E-state index in [1.165, 1.54) is 57.8 Å². The van der Waals surface area contributed by atoms with Crippen molar-refractivity contribution in [2.45, 2.75) is 90.5 Å². The van der Waals surface area contributed by atoms with Crippen molar-refractivity contribution in [3.63, 3.8) is 0 Å². The highest BCUT2D eigenvalue weighted by Crippen LogP contribution is 2.15. The van der Waals surface area contributed by atoms with Crippen LogP contribution in [0.3, 0.4) is 0 Å². The molecule has 0 heterocycles. The first-order valence-corrected chi connectivity index (χ1v) is 9.48. The summed E-state index contributed by atoms with van der Waals surface area (Å²) in [5.74, 6) is -0.261. The van der Waals surface area contributed by atoms with E-state index in [0.717, 1.165) is 18.9 Å². The molecule has 23 heavy (non-hydrogen) atoms. The lowest BCUT2D eigenvalue weighted by Gasteiger charge is -2.24. The van der Waals surface area contributed by atoms with Crippen molar-refractivity contribution in [1.29, 1.82) is 0 Å². The Balaban J connectivity index is 3.41. The standard InChI is InChI=1S/C20H39NO2/c1-6-7-15-19(21(4)5)16-13-11-9-8-10-12-14-17-23-20(22)18(2)3/h19H,2,6-17H2,1,3-5H3. The fourth-order valence-electron chi connectivity index (χ4n) is 2.75. The van der Waals surface area contributed by atoms with E-state index in [2.05, 4.69) is 32.5 Å². The predicted octanol–water partition coefficient (Wildman–Crippen LogP) is 5.35. The maximum absolute atomic E-state index is 11.2. The molecule has 0 aliphatic carbocycles. The average Bonchev–Trinajstić information content (AvgIpc) is 2.51. The smallest absolute Gasteiger partial charge is 0.333 e. The van der Waals surface area contributed by atoms with Crippen LogP contribution in [0.5, 0.6) is 0 Å². The highest BCUT2D eigenvalue weighted by Gasteiger charge is 2.09. The molecule has 3 nitrogen and oxygen atoms in total. The van der Waals surface area contributed by atoms with Crippen molar-refractivity contribution in [3.8, 4) is 0 Å². The van der Waals surface area contributed by atoms with E-state index in [0.29, 0.717) is 12.2 Å². The van der Waals surface area contributed by atoms with Crippen LogP contribution in [-0.4, -0.2) is 37.6 Å². The zero-order valence-electron chi connectivity index (χ0n) is 16.0. The highest BCUT2D eigenvalue weighted by atomic mass is 16.5. The lowest BCUT2D eigenvalue weighted by atomic mass is 10.0. The Bertz CT molecular complexity index is 313. The van der Waals surface area contributed by atoms with Crippen molar-refractivity contribution >= 4 is 5.97 Å². The molecule has 0 bridgehead atoms. The number of carbonyl (C=O) groups is 1. The molecule has 0 radical (unpaired) electrons. The molecule has 0 saturated heterocycles. The summed E-state index contributed by atoms with van der Waals surface area (Å²) < 4.78 is 5.09. The van der Waals surface area contributed by atoms with E-state index >= 15 is 0 Å². The first-order valence-electron chi connectivity index (χ1n) is 9.48. The molecule has 0 amide bonds. The Hall–Kier alpha value is -0.830. The lowest BCUT2D eigenvalue weighted by molar-refractivity contribution is -0.139. The van der Waals surface area contributed by atoms with Crippen LogP contribution in [0.15, 0.2) is 12.2 Å². The van der Waals surface area contributed by atoms with Crippen LogP contribution in [0.2, 0.25) is 0 Å². The van der Waals surface area contributed by atoms with Crippen molar-refractivity contribution < 1.29 is 9.53 Å². The van der Waals surface area contributed by atoms with Crippen molar-refractivity contribution in [2.24, 2.45) is 0 Å². The van der Waals surface area contributed by atoms with Crippen LogP contribution in [0.1, 0.15) is 84.5 Å². The number of nitrogens with zero attached hydrogens (tertiary/aromatic N) is 1. The van der Waals surface area contributed by atoms with Crippen LogP contribution >= 0.6 is 0 Å². The zero-order valence-corrected chi connectivity index (χ0v) is 16.0. The number of unbranched alkanes of at least 4 members (excludes halogenated alkanes) is 7. The topological polar surface area (TPSA) is 29.5 Å². The molecule has 0 fully saturated rings. The van der Waals surface area contributed by atoms with Gasteiger partial charge in [0.1, 0.15) is 0 Å². The summed E-state index contributed by atoms with van der Waals surface area (Å²) >= 11 is 0. The first kappa shape index (κ1) is 22.2. The third-order valence-corrected chi connectivity index (χ3v) is 4.38. The summed E-state index contributed by atoms with van der Waals surface area (Å²) in [6, 6.07) is 0.762. The molecular formula is C20H39NO2. The van der Waals surface area contributed by atoms with Crippen LogP contribution in [0.4, 0.5) is 0 Å². The van der Waals surface area contributed by atoms with Gasteiger partial charge in [-0.25, -0.2) is 4.79 Å². The van der Waals surface area contributed by atoms with E-state index < -0.39 is 0 Å². The second-order valence-corrected chi connectivity index (χ2v) is 6.94. The molecule has 0 N–H and O–H groups in total. The fraction of sp³-hybridized carbons (Fsp3) is 0.850. The zero-order chi connectivity index (χ0) is 17.5. The average molecular weight is 326 g/mol. The Morgan fingerprint density at radius 1 is 0.957 bits per heavy atom. The molecule has 1 atom stereocenters. The molecule has 0 aliphatic heterocycles. The van der Waals surface area contributed by atoms with Gasteiger partial charge in [-0.05, 0) is 40.3 Å². The lowest BCUT2D eigenvalue weighted by Crippen LogP contribution is -2.27.